The molecule has 0 aromatic heterocycles. The SMILES string of the molecule is COCCOc1ccccc1C(N)c1cc(C)cc(C)c1. The second-order valence-electron chi connectivity index (χ2n) is 5.28. The van der Waals surface area contributed by atoms with E-state index in [-0.39, 0.29) is 6.04 Å². The minimum absolute atomic E-state index is 0.192. The van der Waals surface area contributed by atoms with Crippen molar-refractivity contribution in [3.8, 4) is 5.75 Å². The van der Waals surface area contributed by atoms with Crippen LogP contribution in [-0.4, -0.2) is 20.3 Å². The Balaban J connectivity index is 2.27. The van der Waals surface area contributed by atoms with Crippen LogP contribution >= 0.6 is 0 Å². The maximum Gasteiger partial charge on any atom is 0.124 e. The van der Waals surface area contributed by atoms with Crippen LogP contribution in [0.5, 0.6) is 5.75 Å². The molecule has 0 aliphatic carbocycles. The van der Waals surface area contributed by atoms with Crippen molar-refractivity contribution in [2.45, 2.75) is 19.9 Å². The summed E-state index contributed by atoms with van der Waals surface area (Å²) in [6.07, 6.45) is 0. The van der Waals surface area contributed by atoms with Gasteiger partial charge in [-0.1, -0.05) is 47.5 Å². The molecule has 112 valence electrons. The molecule has 0 amide bonds. The van der Waals surface area contributed by atoms with E-state index in [0.29, 0.717) is 13.2 Å². The Hall–Kier alpha value is -1.84. The molecule has 2 rings (SSSR count). The van der Waals surface area contributed by atoms with E-state index >= 15 is 0 Å². The summed E-state index contributed by atoms with van der Waals surface area (Å²) in [5, 5.41) is 0. The molecule has 3 heteroatoms. The van der Waals surface area contributed by atoms with Crippen molar-refractivity contribution in [3.63, 3.8) is 0 Å². The smallest absolute Gasteiger partial charge is 0.124 e. The minimum Gasteiger partial charge on any atom is -0.491 e. The minimum atomic E-state index is -0.192. The Morgan fingerprint density at radius 2 is 1.67 bits per heavy atom. The van der Waals surface area contributed by atoms with Gasteiger partial charge in [-0.2, -0.15) is 0 Å². The third kappa shape index (κ3) is 4.06. The molecule has 0 bridgehead atoms. The number of methoxy groups -OCH3 is 1. The van der Waals surface area contributed by atoms with E-state index in [2.05, 4.69) is 32.0 Å². The molecule has 1 atom stereocenters. The maximum absolute atomic E-state index is 6.45. The molecule has 2 aromatic carbocycles. The molecule has 3 nitrogen and oxygen atoms in total. The second-order valence-corrected chi connectivity index (χ2v) is 5.28. The summed E-state index contributed by atoms with van der Waals surface area (Å²) >= 11 is 0. The van der Waals surface area contributed by atoms with Gasteiger partial charge in [-0.15, -0.1) is 0 Å². The molecule has 2 N–H and O–H groups in total. The van der Waals surface area contributed by atoms with Crippen molar-refractivity contribution >= 4 is 0 Å². The highest BCUT2D eigenvalue weighted by Crippen LogP contribution is 2.29. The summed E-state index contributed by atoms with van der Waals surface area (Å²) in [5.74, 6) is 0.821. The van der Waals surface area contributed by atoms with E-state index in [1.54, 1.807) is 7.11 Å². The Morgan fingerprint density at radius 3 is 2.33 bits per heavy atom. The molecule has 0 heterocycles. The molecule has 0 saturated carbocycles. The standard InChI is InChI=1S/C18H23NO2/c1-13-10-14(2)12-15(11-13)18(19)16-6-4-5-7-17(16)21-9-8-20-3/h4-7,10-12,18H,8-9,19H2,1-3H3. The van der Waals surface area contributed by atoms with Crippen molar-refractivity contribution in [2.24, 2.45) is 5.73 Å². The van der Waals surface area contributed by atoms with Crippen LogP contribution in [0.4, 0.5) is 0 Å². The first kappa shape index (κ1) is 15.5. The van der Waals surface area contributed by atoms with Crippen molar-refractivity contribution in [1.29, 1.82) is 0 Å². The molecule has 1 unspecified atom stereocenters. The molecule has 0 fully saturated rings. The topological polar surface area (TPSA) is 44.5 Å². The Morgan fingerprint density at radius 1 is 1.00 bits per heavy atom. The maximum atomic E-state index is 6.45. The van der Waals surface area contributed by atoms with Gasteiger partial charge >= 0.3 is 0 Å². The van der Waals surface area contributed by atoms with Crippen LogP contribution in [0.3, 0.4) is 0 Å². The van der Waals surface area contributed by atoms with Gasteiger partial charge in [-0.05, 0) is 25.5 Å². The summed E-state index contributed by atoms with van der Waals surface area (Å²) < 4.78 is 10.8. The number of ether oxygens (including phenoxy) is 2. The predicted octanol–water partition coefficient (Wildman–Crippen LogP) is 3.38. The molecular weight excluding hydrogens is 262 g/mol. The van der Waals surface area contributed by atoms with Gasteiger partial charge in [0.1, 0.15) is 12.4 Å². The average Bonchev–Trinajstić information content (AvgIpc) is 2.46. The Bertz CT molecular complexity index is 575. The molecule has 21 heavy (non-hydrogen) atoms. The van der Waals surface area contributed by atoms with Crippen LogP contribution in [-0.2, 0) is 4.74 Å². The van der Waals surface area contributed by atoms with Gasteiger partial charge in [0.05, 0.1) is 12.6 Å². The quantitative estimate of drug-likeness (QED) is 0.828. The lowest BCUT2D eigenvalue weighted by Crippen LogP contribution is -2.15. The lowest BCUT2D eigenvalue weighted by atomic mass is 9.96. The van der Waals surface area contributed by atoms with Gasteiger partial charge < -0.3 is 15.2 Å². The number of aryl methyl sites for hydroxylation is 2. The number of hydrogen-bond acceptors (Lipinski definition) is 3. The highest BCUT2D eigenvalue weighted by molar-refractivity contribution is 5.43. The van der Waals surface area contributed by atoms with Crippen molar-refractivity contribution in [2.75, 3.05) is 20.3 Å². The summed E-state index contributed by atoms with van der Waals surface area (Å²) in [6, 6.07) is 14.1. The molecule has 2 aromatic rings. The van der Waals surface area contributed by atoms with E-state index in [1.165, 1.54) is 11.1 Å². The van der Waals surface area contributed by atoms with Crippen LogP contribution < -0.4 is 10.5 Å². The van der Waals surface area contributed by atoms with Crippen molar-refractivity contribution in [1.82, 2.24) is 0 Å². The first-order valence-electron chi connectivity index (χ1n) is 7.16. The third-order valence-corrected chi connectivity index (χ3v) is 3.40. The first-order valence-corrected chi connectivity index (χ1v) is 7.16. The van der Waals surface area contributed by atoms with Gasteiger partial charge in [-0.3, -0.25) is 0 Å². The second kappa shape index (κ2) is 7.25. The largest absolute Gasteiger partial charge is 0.491 e. The zero-order chi connectivity index (χ0) is 15.2. The molecule has 0 aliphatic rings. The van der Waals surface area contributed by atoms with E-state index in [0.717, 1.165) is 16.9 Å². The van der Waals surface area contributed by atoms with E-state index < -0.39 is 0 Å². The van der Waals surface area contributed by atoms with Crippen LogP contribution in [0.25, 0.3) is 0 Å². The van der Waals surface area contributed by atoms with Gasteiger partial charge in [0.2, 0.25) is 0 Å². The fourth-order valence-electron chi connectivity index (χ4n) is 2.47. The summed E-state index contributed by atoms with van der Waals surface area (Å²) in [4.78, 5) is 0. The number of benzene rings is 2. The van der Waals surface area contributed by atoms with Gasteiger partial charge in [0.15, 0.2) is 0 Å². The average molecular weight is 285 g/mol. The van der Waals surface area contributed by atoms with E-state index in [4.69, 9.17) is 15.2 Å². The highest BCUT2D eigenvalue weighted by atomic mass is 16.5. The van der Waals surface area contributed by atoms with E-state index in [9.17, 15) is 0 Å². The molecule has 0 radical (unpaired) electrons. The van der Waals surface area contributed by atoms with Gasteiger partial charge in [-0.25, -0.2) is 0 Å². The number of hydrogen-bond donors (Lipinski definition) is 1. The normalized spacial score (nSPS) is 12.2. The van der Waals surface area contributed by atoms with Crippen LogP contribution in [0.2, 0.25) is 0 Å². The van der Waals surface area contributed by atoms with E-state index in [1.807, 2.05) is 24.3 Å². The van der Waals surface area contributed by atoms with Gasteiger partial charge in [0, 0.05) is 12.7 Å². The van der Waals surface area contributed by atoms with Gasteiger partial charge in [0.25, 0.3) is 0 Å². The molecule has 0 spiro atoms. The monoisotopic (exact) mass is 285 g/mol. The Kier molecular flexibility index (Phi) is 5.37. The first-order chi connectivity index (χ1) is 10.1. The highest BCUT2D eigenvalue weighted by Gasteiger charge is 2.14. The zero-order valence-corrected chi connectivity index (χ0v) is 12.9. The number of rotatable bonds is 6. The Labute approximate surface area is 126 Å². The fraction of sp³-hybridized carbons (Fsp3) is 0.333. The van der Waals surface area contributed by atoms with Crippen molar-refractivity contribution in [3.05, 3.63) is 64.7 Å². The number of nitrogens with two attached hydrogens (primary N) is 1. The van der Waals surface area contributed by atoms with Crippen LogP contribution in [0.15, 0.2) is 42.5 Å². The molecular formula is C18H23NO2. The predicted molar refractivity (Wildman–Crippen MR) is 85.8 cm³/mol. The zero-order valence-electron chi connectivity index (χ0n) is 12.9. The molecule has 0 saturated heterocycles. The summed E-state index contributed by atoms with van der Waals surface area (Å²) in [7, 11) is 1.66. The fourth-order valence-corrected chi connectivity index (χ4v) is 2.47. The number of para-hydroxylation sites is 1. The summed E-state index contributed by atoms with van der Waals surface area (Å²) in [6.45, 7) is 5.26. The van der Waals surface area contributed by atoms with Crippen molar-refractivity contribution < 1.29 is 9.47 Å². The molecule has 0 aliphatic heterocycles. The lowest BCUT2D eigenvalue weighted by Gasteiger charge is -2.18. The summed E-state index contributed by atoms with van der Waals surface area (Å²) in [5.41, 5.74) is 11.0. The van der Waals surface area contributed by atoms with Crippen LogP contribution in [0, 0.1) is 13.8 Å². The lowest BCUT2D eigenvalue weighted by molar-refractivity contribution is 0.145. The van der Waals surface area contributed by atoms with Crippen LogP contribution in [0.1, 0.15) is 28.3 Å². The third-order valence-electron chi connectivity index (χ3n) is 3.40.